The molecule has 1 atom stereocenters. The molecule has 1 aliphatic rings. The fraction of sp³-hybridized carbons (Fsp3) is 0.276. The van der Waals surface area contributed by atoms with Crippen LogP contribution in [0.25, 0.3) is 0 Å². The number of benzene rings is 3. The van der Waals surface area contributed by atoms with Crippen molar-refractivity contribution in [3.63, 3.8) is 0 Å². The summed E-state index contributed by atoms with van der Waals surface area (Å²) in [5.41, 5.74) is 4.50. The van der Waals surface area contributed by atoms with Crippen LogP contribution < -0.4 is 25.0 Å². The van der Waals surface area contributed by atoms with Gasteiger partial charge in [-0.05, 0) is 67.4 Å². The lowest BCUT2D eigenvalue weighted by Gasteiger charge is -2.17. The van der Waals surface area contributed by atoms with Crippen molar-refractivity contribution in [3.05, 3.63) is 83.4 Å². The van der Waals surface area contributed by atoms with Crippen LogP contribution in [0.15, 0.2) is 66.7 Å². The molecule has 1 saturated heterocycles. The maximum absolute atomic E-state index is 12.7. The van der Waals surface area contributed by atoms with E-state index in [1.54, 1.807) is 36.3 Å². The van der Waals surface area contributed by atoms with E-state index >= 15 is 0 Å². The Bertz CT molecular complexity index is 1270. The maximum atomic E-state index is 12.7. The Morgan fingerprint density at radius 1 is 0.973 bits per heavy atom. The topological polar surface area (TPSA) is 97.0 Å². The van der Waals surface area contributed by atoms with Crippen LogP contribution >= 0.6 is 0 Å². The first-order valence-electron chi connectivity index (χ1n) is 12.1. The summed E-state index contributed by atoms with van der Waals surface area (Å²) in [4.78, 5) is 39.2. The molecule has 1 fully saturated rings. The molecule has 0 aromatic heterocycles. The lowest BCUT2D eigenvalue weighted by atomic mass is 10.1. The van der Waals surface area contributed by atoms with Gasteiger partial charge in [-0.15, -0.1) is 0 Å². The molecule has 2 N–H and O–H groups in total. The SMILES string of the molecule is COc1ccc(CNC(=O)[C@H]2CC(=O)N(c3ccc(OCC(=O)Nc4ccc(C)cc4C)cc3)C2)cc1. The smallest absolute Gasteiger partial charge is 0.262 e. The van der Waals surface area contributed by atoms with Crippen LogP contribution in [-0.4, -0.2) is 38.0 Å². The Morgan fingerprint density at radius 3 is 2.35 bits per heavy atom. The predicted octanol–water partition coefficient (Wildman–Crippen LogP) is 4.00. The fourth-order valence-electron chi connectivity index (χ4n) is 4.22. The number of ether oxygens (including phenoxy) is 2. The van der Waals surface area contributed by atoms with Gasteiger partial charge in [-0.3, -0.25) is 14.4 Å². The van der Waals surface area contributed by atoms with E-state index in [2.05, 4.69) is 10.6 Å². The second-order valence-electron chi connectivity index (χ2n) is 9.12. The lowest BCUT2D eigenvalue weighted by molar-refractivity contribution is -0.126. The van der Waals surface area contributed by atoms with Crippen LogP contribution in [0.5, 0.6) is 11.5 Å². The molecular weight excluding hydrogens is 470 g/mol. The summed E-state index contributed by atoms with van der Waals surface area (Å²) < 4.78 is 10.8. The molecule has 0 spiro atoms. The number of amides is 3. The Hall–Kier alpha value is -4.33. The molecule has 1 aliphatic heterocycles. The van der Waals surface area contributed by atoms with E-state index < -0.39 is 5.92 Å². The van der Waals surface area contributed by atoms with Crippen LogP contribution in [0, 0.1) is 19.8 Å². The van der Waals surface area contributed by atoms with Gasteiger partial charge in [-0.25, -0.2) is 0 Å². The molecule has 0 aliphatic carbocycles. The summed E-state index contributed by atoms with van der Waals surface area (Å²) in [6.07, 6.45) is 0.158. The van der Waals surface area contributed by atoms with Gasteiger partial charge in [0, 0.05) is 30.9 Å². The highest BCUT2D eigenvalue weighted by atomic mass is 16.5. The van der Waals surface area contributed by atoms with E-state index in [0.29, 0.717) is 24.5 Å². The number of aryl methyl sites for hydroxylation is 2. The average molecular weight is 502 g/mol. The number of rotatable bonds is 9. The van der Waals surface area contributed by atoms with Gasteiger partial charge in [0.15, 0.2) is 6.61 Å². The van der Waals surface area contributed by atoms with Gasteiger partial charge < -0.3 is 25.0 Å². The lowest BCUT2D eigenvalue weighted by Crippen LogP contribution is -2.32. The van der Waals surface area contributed by atoms with Gasteiger partial charge in [0.05, 0.1) is 13.0 Å². The number of nitrogens with zero attached hydrogens (tertiary/aromatic N) is 1. The van der Waals surface area contributed by atoms with E-state index in [4.69, 9.17) is 9.47 Å². The molecule has 37 heavy (non-hydrogen) atoms. The Morgan fingerprint density at radius 2 is 1.68 bits per heavy atom. The molecule has 3 amide bonds. The van der Waals surface area contributed by atoms with E-state index in [-0.39, 0.29) is 30.7 Å². The average Bonchev–Trinajstić information content (AvgIpc) is 3.30. The molecule has 0 saturated carbocycles. The summed E-state index contributed by atoms with van der Waals surface area (Å²) in [5, 5.41) is 5.76. The van der Waals surface area contributed by atoms with Crippen molar-refractivity contribution in [1.29, 1.82) is 0 Å². The van der Waals surface area contributed by atoms with Crippen molar-refractivity contribution in [1.82, 2.24) is 5.32 Å². The number of hydrogen-bond acceptors (Lipinski definition) is 5. The third-order valence-electron chi connectivity index (χ3n) is 6.30. The monoisotopic (exact) mass is 501 g/mol. The number of carbonyl (C=O) groups excluding carboxylic acids is 3. The zero-order chi connectivity index (χ0) is 26.4. The van der Waals surface area contributed by atoms with Crippen LogP contribution in [0.4, 0.5) is 11.4 Å². The summed E-state index contributed by atoms with van der Waals surface area (Å²) in [6, 6.07) is 20.2. The highest BCUT2D eigenvalue weighted by Crippen LogP contribution is 2.27. The molecule has 192 valence electrons. The minimum absolute atomic E-state index is 0.105. The third-order valence-corrected chi connectivity index (χ3v) is 6.30. The van der Waals surface area contributed by atoms with Crippen LogP contribution in [0.3, 0.4) is 0 Å². The van der Waals surface area contributed by atoms with Gasteiger partial charge in [0.1, 0.15) is 11.5 Å². The summed E-state index contributed by atoms with van der Waals surface area (Å²) in [7, 11) is 1.60. The fourth-order valence-corrected chi connectivity index (χ4v) is 4.22. The van der Waals surface area contributed by atoms with Crippen LogP contribution in [0.2, 0.25) is 0 Å². The van der Waals surface area contributed by atoms with Gasteiger partial charge in [-0.1, -0.05) is 29.8 Å². The Kier molecular flexibility index (Phi) is 8.08. The van der Waals surface area contributed by atoms with Crippen molar-refractivity contribution in [3.8, 4) is 11.5 Å². The van der Waals surface area contributed by atoms with Gasteiger partial charge in [0.2, 0.25) is 11.8 Å². The molecular formula is C29H31N3O5. The molecule has 3 aromatic carbocycles. The molecule has 0 unspecified atom stereocenters. The number of carbonyl (C=O) groups is 3. The molecule has 4 rings (SSSR count). The van der Waals surface area contributed by atoms with Crippen molar-refractivity contribution in [2.45, 2.75) is 26.8 Å². The second kappa shape index (κ2) is 11.6. The highest BCUT2D eigenvalue weighted by Gasteiger charge is 2.35. The van der Waals surface area contributed by atoms with E-state index in [0.717, 1.165) is 28.1 Å². The summed E-state index contributed by atoms with van der Waals surface area (Å²) >= 11 is 0. The summed E-state index contributed by atoms with van der Waals surface area (Å²) in [5.74, 6) is 0.335. The minimum atomic E-state index is -0.421. The second-order valence-corrected chi connectivity index (χ2v) is 9.12. The van der Waals surface area contributed by atoms with Crippen molar-refractivity contribution in [2.24, 2.45) is 5.92 Å². The maximum Gasteiger partial charge on any atom is 0.262 e. The van der Waals surface area contributed by atoms with E-state index in [9.17, 15) is 14.4 Å². The predicted molar refractivity (Wildman–Crippen MR) is 142 cm³/mol. The Labute approximate surface area is 216 Å². The summed E-state index contributed by atoms with van der Waals surface area (Å²) in [6.45, 7) is 4.51. The van der Waals surface area contributed by atoms with E-state index in [1.807, 2.05) is 56.3 Å². The molecule has 1 heterocycles. The highest BCUT2D eigenvalue weighted by molar-refractivity contribution is 6.00. The molecule has 0 radical (unpaired) electrons. The standard InChI is InChI=1S/C29H31N3O5/c1-19-4-13-26(20(2)14-19)31-27(33)18-37-25-11-7-23(8-12-25)32-17-22(15-28(32)34)29(35)30-16-21-5-9-24(36-3)10-6-21/h4-14,22H,15-18H2,1-3H3,(H,30,35)(H,31,33)/t22-/m0/s1. The van der Waals surface area contributed by atoms with Crippen molar-refractivity contribution < 1.29 is 23.9 Å². The zero-order valence-electron chi connectivity index (χ0n) is 21.2. The first kappa shape index (κ1) is 25.8. The normalized spacial score (nSPS) is 14.8. The van der Waals surface area contributed by atoms with Gasteiger partial charge in [-0.2, -0.15) is 0 Å². The van der Waals surface area contributed by atoms with Crippen molar-refractivity contribution >= 4 is 29.1 Å². The molecule has 8 heteroatoms. The quantitative estimate of drug-likeness (QED) is 0.462. The zero-order valence-corrected chi connectivity index (χ0v) is 21.2. The Balaban J connectivity index is 1.26. The molecule has 0 bridgehead atoms. The van der Waals surface area contributed by atoms with Crippen molar-refractivity contribution in [2.75, 3.05) is 30.5 Å². The van der Waals surface area contributed by atoms with Gasteiger partial charge >= 0.3 is 0 Å². The minimum Gasteiger partial charge on any atom is -0.497 e. The third kappa shape index (κ3) is 6.67. The number of hydrogen-bond donors (Lipinski definition) is 2. The largest absolute Gasteiger partial charge is 0.497 e. The first-order valence-corrected chi connectivity index (χ1v) is 12.1. The van der Waals surface area contributed by atoms with Crippen LogP contribution in [0.1, 0.15) is 23.1 Å². The number of methoxy groups -OCH3 is 1. The van der Waals surface area contributed by atoms with Gasteiger partial charge in [0.25, 0.3) is 5.91 Å². The molecule has 3 aromatic rings. The molecule has 8 nitrogen and oxygen atoms in total. The first-order chi connectivity index (χ1) is 17.8. The van der Waals surface area contributed by atoms with E-state index in [1.165, 1.54) is 0 Å². The number of nitrogens with one attached hydrogen (secondary N) is 2. The van der Waals surface area contributed by atoms with Crippen LogP contribution in [-0.2, 0) is 20.9 Å². The number of anilines is 2.